The SMILES string of the molecule is CC.O=C(Nc1csc(/C=C/c2ccc(Cl)cc2)c1C(=O)O)c1cc2ccccc2o1. The van der Waals surface area contributed by atoms with Crippen molar-refractivity contribution in [3.8, 4) is 0 Å². The van der Waals surface area contributed by atoms with E-state index >= 15 is 0 Å². The highest BCUT2D eigenvalue weighted by atomic mass is 35.5. The van der Waals surface area contributed by atoms with Crippen molar-refractivity contribution < 1.29 is 19.1 Å². The predicted octanol–water partition coefficient (Wildman–Crippen LogP) is 7.29. The van der Waals surface area contributed by atoms with Gasteiger partial charge in [-0.2, -0.15) is 0 Å². The molecule has 0 spiro atoms. The molecule has 0 radical (unpaired) electrons. The number of nitrogens with one attached hydrogen (secondary N) is 1. The highest BCUT2D eigenvalue weighted by Gasteiger charge is 2.20. The molecule has 1 amide bonds. The van der Waals surface area contributed by atoms with Gasteiger partial charge in [0, 0.05) is 20.7 Å². The lowest BCUT2D eigenvalue weighted by molar-refractivity contribution is 0.0698. The minimum absolute atomic E-state index is 0.0321. The molecule has 0 bridgehead atoms. The zero-order valence-electron chi connectivity index (χ0n) is 16.9. The zero-order chi connectivity index (χ0) is 22.4. The van der Waals surface area contributed by atoms with Gasteiger partial charge in [-0.25, -0.2) is 4.79 Å². The van der Waals surface area contributed by atoms with E-state index in [0.717, 1.165) is 10.9 Å². The zero-order valence-corrected chi connectivity index (χ0v) is 18.5. The number of rotatable bonds is 5. The number of halogens is 1. The number of benzene rings is 2. The Labute approximate surface area is 188 Å². The Morgan fingerprint density at radius 1 is 1.06 bits per heavy atom. The van der Waals surface area contributed by atoms with Gasteiger partial charge in [-0.05, 0) is 35.9 Å². The normalized spacial score (nSPS) is 10.7. The molecule has 0 aliphatic rings. The Hall–Kier alpha value is -3.35. The van der Waals surface area contributed by atoms with Crippen LogP contribution in [0.25, 0.3) is 23.1 Å². The summed E-state index contributed by atoms with van der Waals surface area (Å²) in [6, 6.07) is 16.1. The van der Waals surface area contributed by atoms with Gasteiger partial charge >= 0.3 is 5.97 Å². The van der Waals surface area contributed by atoms with Crippen molar-refractivity contribution in [1.29, 1.82) is 0 Å². The number of carboxylic acid groups (broad SMARTS) is 1. The molecule has 0 saturated carbocycles. The summed E-state index contributed by atoms with van der Waals surface area (Å²) in [5.41, 5.74) is 1.73. The second-order valence-electron chi connectivity index (χ2n) is 6.18. The van der Waals surface area contributed by atoms with Gasteiger partial charge < -0.3 is 14.8 Å². The molecule has 4 aromatic rings. The molecule has 0 saturated heterocycles. The summed E-state index contributed by atoms with van der Waals surface area (Å²) in [5, 5.41) is 15.3. The van der Waals surface area contributed by atoms with E-state index in [2.05, 4.69) is 5.32 Å². The van der Waals surface area contributed by atoms with Crippen molar-refractivity contribution in [2.24, 2.45) is 0 Å². The van der Waals surface area contributed by atoms with E-state index in [1.807, 2.05) is 44.2 Å². The fourth-order valence-corrected chi connectivity index (χ4v) is 3.84. The molecule has 0 aliphatic carbocycles. The number of amides is 1. The van der Waals surface area contributed by atoms with Crippen LogP contribution in [0, 0.1) is 0 Å². The smallest absolute Gasteiger partial charge is 0.339 e. The molecule has 0 unspecified atom stereocenters. The van der Waals surface area contributed by atoms with E-state index in [0.29, 0.717) is 15.5 Å². The molecule has 31 heavy (non-hydrogen) atoms. The van der Waals surface area contributed by atoms with Gasteiger partial charge in [-0.15, -0.1) is 11.3 Å². The van der Waals surface area contributed by atoms with Crippen LogP contribution in [0.5, 0.6) is 0 Å². The van der Waals surface area contributed by atoms with Crippen LogP contribution in [0.15, 0.2) is 64.4 Å². The Kier molecular flexibility index (Phi) is 7.28. The Morgan fingerprint density at radius 2 is 1.77 bits per heavy atom. The average Bonchev–Trinajstić information content (AvgIpc) is 3.39. The average molecular weight is 454 g/mol. The molecular weight excluding hydrogens is 434 g/mol. The molecule has 4 rings (SSSR count). The van der Waals surface area contributed by atoms with Gasteiger partial charge in [-0.3, -0.25) is 4.79 Å². The monoisotopic (exact) mass is 453 g/mol. The maximum Gasteiger partial charge on any atom is 0.339 e. The van der Waals surface area contributed by atoms with Gasteiger partial charge in [0.05, 0.1) is 5.69 Å². The third-order valence-electron chi connectivity index (χ3n) is 4.23. The third kappa shape index (κ3) is 5.23. The predicted molar refractivity (Wildman–Crippen MR) is 127 cm³/mol. The molecule has 7 heteroatoms. The van der Waals surface area contributed by atoms with Crippen molar-refractivity contribution in [3.05, 3.63) is 86.8 Å². The Bertz CT molecular complexity index is 1210. The second kappa shape index (κ2) is 10.1. The lowest BCUT2D eigenvalue weighted by Gasteiger charge is -2.03. The molecule has 158 valence electrons. The van der Waals surface area contributed by atoms with Crippen LogP contribution in [0.3, 0.4) is 0 Å². The van der Waals surface area contributed by atoms with Gasteiger partial charge in [0.15, 0.2) is 5.76 Å². The van der Waals surface area contributed by atoms with Gasteiger partial charge in [0.2, 0.25) is 0 Å². The summed E-state index contributed by atoms with van der Waals surface area (Å²) in [6.45, 7) is 4.00. The first-order chi connectivity index (χ1) is 15.0. The second-order valence-corrected chi connectivity index (χ2v) is 7.53. The van der Waals surface area contributed by atoms with Crippen LogP contribution in [0.2, 0.25) is 5.02 Å². The van der Waals surface area contributed by atoms with Gasteiger partial charge in [0.1, 0.15) is 11.1 Å². The van der Waals surface area contributed by atoms with Crippen molar-refractivity contribution >= 4 is 63.6 Å². The van der Waals surface area contributed by atoms with E-state index < -0.39 is 11.9 Å². The van der Waals surface area contributed by atoms with Gasteiger partial charge in [-0.1, -0.05) is 61.9 Å². The molecule has 0 fully saturated rings. The van der Waals surface area contributed by atoms with Crippen LogP contribution in [-0.2, 0) is 0 Å². The number of carbonyl (C=O) groups is 2. The molecule has 5 nitrogen and oxygen atoms in total. The maximum absolute atomic E-state index is 12.6. The molecule has 0 atom stereocenters. The molecule has 2 aromatic heterocycles. The number of hydrogen-bond acceptors (Lipinski definition) is 4. The number of carbonyl (C=O) groups excluding carboxylic acids is 1. The lowest BCUT2D eigenvalue weighted by Crippen LogP contribution is -2.13. The fourth-order valence-electron chi connectivity index (χ4n) is 2.83. The summed E-state index contributed by atoms with van der Waals surface area (Å²) in [7, 11) is 0. The van der Waals surface area contributed by atoms with Crippen LogP contribution >= 0.6 is 22.9 Å². The first kappa shape index (κ1) is 22.3. The van der Waals surface area contributed by atoms with E-state index in [9.17, 15) is 14.7 Å². The Balaban J connectivity index is 0.00000132. The summed E-state index contributed by atoms with van der Waals surface area (Å²) in [5.74, 6) is -1.51. The molecule has 2 N–H and O–H groups in total. The standard InChI is InChI=1S/C22H14ClNO4S.C2H6/c23-15-8-5-13(6-9-15)7-10-19-20(22(26)27)16(12-29-19)24-21(25)18-11-14-3-1-2-4-17(14)28-18;1-2/h1-12H,(H,24,25)(H,26,27);1-2H3/b10-7+;. The number of hydrogen-bond donors (Lipinski definition) is 2. The van der Waals surface area contributed by atoms with Crippen LogP contribution in [0.1, 0.15) is 45.2 Å². The molecule has 0 aliphatic heterocycles. The van der Waals surface area contributed by atoms with E-state index in [4.69, 9.17) is 16.0 Å². The summed E-state index contributed by atoms with van der Waals surface area (Å²) in [6.07, 6.45) is 3.49. The molecular formula is C24H20ClNO4S. The number of fused-ring (bicyclic) bond motifs is 1. The lowest BCUT2D eigenvalue weighted by atomic mass is 10.1. The first-order valence-corrected chi connectivity index (χ1v) is 10.9. The van der Waals surface area contributed by atoms with Crippen molar-refractivity contribution in [2.75, 3.05) is 5.32 Å². The minimum atomic E-state index is -1.12. The van der Waals surface area contributed by atoms with Crippen LogP contribution < -0.4 is 5.32 Å². The van der Waals surface area contributed by atoms with Crippen molar-refractivity contribution in [2.45, 2.75) is 13.8 Å². The van der Waals surface area contributed by atoms with Crippen LogP contribution in [-0.4, -0.2) is 17.0 Å². The number of aromatic carboxylic acids is 1. The maximum atomic E-state index is 12.6. The Morgan fingerprint density at radius 3 is 2.45 bits per heavy atom. The molecule has 2 heterocycles. The quantitative estimate of drug-likeness (QED) is 0.332. The summed E-state index contributed by atoms with van der Waals surface area (Å²) < 4.78 is 5.54. The van der Waals surface area contributed by atoms with E-state index in [1.165, 1.54) is 11.3 Å². The highest BCUT2D eigenvalue weighted by Crippen LogP contribution is 2.30. The number of para-hydroxylation sites is 1. The number of furan rings is 1. The van der Waals surface area contributed by atoms with Crippen LogP contribution in [0.4, 0.5) is 5.69 Å². The minimum Gasteiger partial charge on any atom is -0.478 e. The summed E-state index contributed by atoms with van der Waals surface area (Å²) in [4.78, 5) is 24.9. The van der Waals surface area contributed by atoms with E-state index in [-0.39, 0.29) is 17.0 Å². The number of anilines is 1. The van der Waals surface area contributed by atoms with E-state index in [1.54, 1.807) is 41.8 Å². The largest absolute Gasteiger partial charge is 0.478 e. The summed E-state index contributed by atoms with van der Waals surface area (Å²) >= 11 is 7.11. The third-order valence-corrected chi connectivity index (χ3v) is 5.43. The topological polar surface area (TPSA) is 79.5 Å². The molecule has 2 aromatic carbocycles. The highest BCUT2D eigenvalue weighted by molar-refractivity contribution is 7.12. The number of carboxylic acids is 1. The van der Waals surface area contributed by atoms with Gasteiger partial charge in [0.25, 0.3) is 5.91 Å². The number of thiophene rings is 1. The fraction of sp³-hybridized carbons (Fsp3) is 0.0833. The van der Waals surface area contributed by atoms with Crippen molar-refractivity contribution in [1.82, 2.24) is 0 Å². The first-order valence-electron chi connectivity index (χ1n) is 9.59. The van der Waals surface area contributed by atoms with Crippen molar-refractivity contribution in [3.63, 3.8) is 0 Å².